The molecular weight excluding hydrogens is 328 g/mol. The molecule has 2 unspecified atom stereocenters. The molecule has 0 amide bonds. The van der Waals surface area contributed by atoms with Gasteiger partial charge >= 0.3 is 17.9 Å². The van der Waals surface area contributed by atoms with E-state index in [0.29, 0.717) is 12.8 Å². The number of aliphatic carboxylic acids is 3. The maximum Gasteiger partial charge on any atom is 0.338 e. The molecule has 146 valence electrons. The maximum absolute atomic E-state index is 12.2. The second-order valence-electron chi connectivity index (χ2n) is 6.66. The SMILES string of the molecule is CCCCCCC(CC)(C(=O)O)C(O)(C(=O)O)C(CC)(CC)C(=O)O. The van der Waals surface area contributed by atoms with Crippen LogP contribution >= 0.6 is 0 Å². The van der Waals surface area contributed by atoms with E-state index in [2.05, 4.69) is 0 Å². The fourth-order valence-electron chi connectivity index (χ4n) is 3.97. The third-order valence-corrected chi connectivity index (χ3v) is 5.78. The summed E-state index contributed by atoms with van der Waals surface area (Å²) in [7, 11) is 0. The molecule has 0 rings (SSSR count). The van der Waals surface area contributed by atoms with Gasteiger partial charge in [-0.05, 0) is 25.7 Å². The van der Waals surface area contributed by atoms with Crippen LogP contribution < -0.4 is 0 Å². The van der Waals surface area contributed by atoms with E-state index < -0.39 is 34.3 Å². The monoisotopic (exact) mass is 360 g/mol. The van der Waals surface area contributed by atoms with Crippen LogP contribution in [0.1, 0.15) is 79.1 Å². The van der Waals surface area contributed by atoms with Crippen LogP contribution in [-0.2, 0) is 14.4 Å². The summed E-state index contributed by atoms with van der Waals surface area (Å²) in [6, 6.07) is 0. The molecular formula is C18H32O7. The van der Waals surface area contributed by atoms with Crippen molar-refractivity contribution in [3.05, 3.63) is 0 Å². The van der Waals surface area contributed by atoms with Gasteiger partial charge in [0, 0.05) is 0 Å². The lowest BCUT2D eigenvalue weighted by Crippen LogP contribution is -2.69. The Bertz CT molecular complexity index is 484. The van der Waals surface area contributed by atoms with Crippen LogP contribution in [0.5, 0.6) is 0 Å². The Balaban J connectivity index is 6.47. The molecule has 0 aromatic heterocycles. The number of carboxylic acid groups (broad SMARTS) is 3. The van der Waals surface area contributed by atoms with Crippen molar-refractivity contribution in [3.8, 4) is 0 Å². The van der Waals surface area contributed by atoms with E-state index in [1.807, 2.05) is 6.92 Å². The maximum atomic E-state index is 12.2. The number of hydrogen-bond donors (Lipinski definition) is 4. The van der Waals surface area contributed by atoms with Crippen molar-refractivity contribution < 1.29 is 34.8 Å². The molecule has 0 heterocycles. The van der Waals surface area contributed by atoms with Gasteiger partial charge in [0.15, 0.2) is 5.60 Å². The summed E-state index contributed by atoms with van der Waals surface area (Å²) >= 11 is 0. The zero-order valence-electron chi connectivity index (χ0n) is 15.7. The zero-order valence-corrected chi connectivity index (χ0v) is 15.7. The molecule has 0 saturated heterocycles. The highest BCUT2D eigenvalue weighted by Gasteiger charge is 2.71. The second-order valence-corrected chi connectivity index (χ2v) is 6.66. The average Bonchev–Trinajstić information content (AvgIpc) is 2.55. The van der Waals surface area contributed by atoms with Gasteiger partial charge in [0.25, 0.3) is 0 Å². The molecule has 0 aliphatic carbocycles. The third kappa shape index (κ3) is 3.66. The summed E-state index contributed by atoms with van der Waals surface area (Å²) in [6.45, 7) is 6.40. The Morgan fingerprint density at radius 2 is 1.12 bits per heavy atom. The van der Waals surface area contributed by atoms with Crippen LogP contribution in [0.3, 0.4) is 0 Å². The van der Waals surface area contributed by atoms with Gasteiger partial charge in [-0.1, -0.05) is 53.4 Å². The summed E-state index contributed by atoms with van der Waals surface area (Å²) in [5.41, 5.74) is -7.07. The quantitative estimate of drug-likeness (QED) is 0.371. The Hall–Kier alpha value is -1.63. The number of hydrogen-bond acceptors (Lipinski definition) is 4. The number of aliphatic hydroxyl groups is 1. The fourth-order valence-corrected chi connectivity index (χ4v) is 3.97. The first-order valence-corrected chi connectivity index (χ1v) is 9.00. The topological polar surface area (TPSA) is 132 Å². The molecule has 7 heteroatoms. The molecule has 0 radical (unpaired) electrons. The van der Waals surface area contributed by atoms with Crippen molar-refractivity contribution in [1.29, 1.82) is 0 Å². The highest BCUT2D eigenvalue weighted by atomic mass is 16.4. The van der Waals surface area contributed by atoms with Gasteiger partial charge in [-0.15, -0.1) is 0 Å². The average molecular weight is 360 g/mol. The Morgan fingerprint density at radius 3 is 1.40 bits per heavy atom. The van der Waals surface area contributed by atoms with Gasteiger partial charge < -0.3 is 20.4 Å². The van der Waals surface area contributed by atoms with E-state index >= 15 is 0 Å². The summed E-state index contributed by atoms with van der Waals surface area (Å²) < 4.78 is 0. The van der Waals surface area contributed by atoms with Crippen molar-refractivity contribution in [1.82, 2.24) is 0 Å². The van der Waals surface area contributed by atoms with Crippen molar-refractivity contribution in [2.24, 2.45) is 10.8 Å². The van der Waals surface area contributed by atoms with Crippen LogP contribution in [0, 0.1) is 10.8 Å². The summed E-state index contributed by atoms with van der Waals surface area (Å²) in [5, 5.41) is 40.7. The molecule has 0 aliphatic rings. The zero-order chi connectivity index (χ0) is 19.9. The molecule has 0 aliphatic heterocycles. The molecule has 7 nitrogen and oxygen atoms in total. The van der Waals surface area contributed by atoms with Crippen LogP contribution in [0.4, 0.5) is 0 Å². The number of unbranched alkanes of at least 4 members (excludes halogenated alkanes) is 3. The lowest BCUT2D eigenvalue weighted by atomic mass is 9.53. The normalized spacial score (nSPS) is 16.7. The molecule has 0 aromatic rings. The smallest absolute Gasteiger partial charge is 0.338 e. The first-order valence-electron chi connectivity index (χ1n) is 9.00. The third-order valence-electron chi connectivity index (χ3n) is 5.78. The van der Waals surface area contributed by atoms with Crippen molar-refractivity contribution in [2.75, 3.05) is 0 Å². The Morgan fingerprint density at radius 1 is 0.680 bits per heavy atom. The van der Waals surface area contributed by atoms with E-state index in [0.717, 1.165) is 12.8 Å². The highest BCUT2D eigenvalue weighted by Crippen LogP contribution is 2.53. The summed E-state index contributed by atoms with van der Waals surface area (Å²) in [6.07, 6.45) is 2.24. The van der Waals surface area contributed by atoms with Crippen LogP contribution in [0.25, 0.3) is 0 Å². The molecule has 4 N–H and O–H groups in total. The van der Waals surface area contributed by atoms with Crippen molar-refractivity contribution in [2.45, 2.75) is 84.7 Å². The molecule has 0 aromatic carbocycles. The van der Waals surface area contributed by atoms with Gasteiger partial charge in [0.2, 0.25) is 0 Å². The van der Waals surface area contributed by atoms with Gasteiger partial charge in [-0.25, -0.2) is 4.79 Å². The highest BCUT2D eigenvalue weighted by molar-refractivity contribution is 5.95. The van der Waals surface area contributed by atoms with E-state index in [4.69, 9.17) is 0 Å². The van der Waals surface area contributed by atoms with E-state index in [-0.39, 0.29) is 25.7 Å². The minimum absolute atomic E-state index is 0.0866. The Labute approximate surface area is 149 Å². The van der Waals surface area contributed by atoms with Crippen LogP contribution in [0.15, 0.2) is 0 Å². The van der Waals surface area contributed by atoms with E-state index in [1.54, 1.807) is 0 Å². The first-order chi connectivity index (χ1) is 11.6. The number of carboxylic acids is 3. The van der Waals surface area contributed by atoms with Crippen molar-refractivity contribution >= 4 is 17.9 Å². The minimum atomic E-state index is -2.91. The molecule has 0 fully saturated rings. The van der Waals surface area contributed by atoms with E-state index in [1.165, 1.54) is 20.8 Å². The van der Waals surface area contributed by atoms with Gasteiger partial charge in [0.1, 0.15) is 10.8 Å². The largest absolute Gasteiger partial charge is 0.481 e. The van der Waals surface area contributed by atoms with E-state index in [9.17, 15) is 34.8 Å². The number of carbonyl (C=O) groups is 3. The van der Waals surface area contributed by atoms with Crippen LogP contribution in [0.2, 0.25) is 0 Å². The molecule has 0 bridgehead atoms. The predicted molar refractivity (Wildman–Crippen MR) is 92.4 cm³/mol. The number of rotatable bonds is 13. The lowest BCUT2D eigenvalue weighted by molar-refractivity contribution is -0.224. The molecule has 0 saturated carbocycles. The van der Waals surface area contributed by atoms with Crippen LogP contribution in [-0.4, -0.2) is 43.9 Å². The first kappa shape index (κ1) is 23.4. The second kappa shape index (κ2) is 9.17. The van der Waals surface area contributed by atoms with Gasteiger partial charge in [-0.2, -0.15) is 0 Å². The predicted octanol–water partition coefficient (Wildman–Crippen LogP) is 3.14. The standard InChI is InChI=1S/C18H32O7/c1-5-9-10-11-12-17(8-4,14(21)22)18(25,15(23)24)16(6-2,7-3)13(19)20/h25H,5-12H2,1-4H3,(H,19,20)(H,21,22)(H,23,24). The van der Waals surface area contributed by atoms with Crippen molar-refractivity contribution in [3.63, 3.8) is 0 Å². The minimum Gasteiger partial charge on any atom is -0.481 e. The van der Waals surface area contributed by atoms with Gasteiger partial charge in [0.05, 0.1) is 0 Å². The van der Waals surface area contributed by atoms with Gasteiger partial charge in [-0.3, -0.25) is 9.59 Å². The Kier molecular flexibility index (Phi) is 8.58. The lowest BCUT2D eigenvalue weighted by Gasteiger charge is -2.50. The summed E-state index contributed by atoms with van der Waals surface area (Å²) in [5.74, 6) is -4.75. The molecule has 0 spiro atoms. The molecule has 25 heavy (non-hydrogen) atoms. The summed E-state index contributed by atoms with van der Waals surface area (Å²) in [4.78, 5) is 36.2. The fraction of sp³-hybridized carbons (Fsp3) is 0.833. The molecule has 2 atom stereocenters.